The molecule has 61 heavy (non-hydrogen) atoms. The van der Waals surface area contributed by atoms with Gasteiger partial charge in [0.15, 0.2) is 37.2 Å². The van der Waals surface area contributed by atoms with Crippen LogP contribution in [0.15, 0.2) is 122 Å². The van der Waals surface area contributed by atoms with E-state index in [-0.39, 0.29) is 18.4 Å². The third-order valence-electron chi connectivity index (χ3n) is 11.1. The number of carbonyl (C=O) groups is 3. The van der Waals surface area contributed by atoms with E-state index in [0.717, 1.165) is 89.4 Å². The number of pyridine rings is 3. The Balaban J connectivity index is 1.26. The van der Waals surface area contributed by atoms with E-state index in [2.05, 4.69) is 94.9 Å². The van der Waals surface area contributed by atoms with E-state index in [0.29, 0.717) is 5.06 Å². The van der Waals surface area contributed by atoms with E-state index in [1.165, 1.54) is 0 Å². The van der Waals surface area contributed by atoms with E-state index in [1.807, 2.05) is 84.2 Å². The number of hydrogen-bond donors (Lipinski definition) is 2. The van der Waals surface area contributed by atoms with Crippen molar-refractivity contribution < 1.29 is 32.9 Å². The van der Waals surface area contributed by atoms with Gasteiger partial charge in [-0.05, 0) is 83.0 Å². The fourth-order valence-corrected chi connectivity index (χ4v) is 7.99. The molecule has 0 unspecified atom stereocenters. The van der Waals surface area contributed by atoms with Gasteiger partial charge < -0.3 is 14.8 Å². The third kappa shape index (κ3) is 6.89. The van der Waals surface area contributed by atoms with Crippen LogP contribution < -0.4 is 13.7 Å². The van der Waals surface area contributed by atoms with Crippen LogP contribution in [0.1, 0.15) is 46.0 Å². The standard InChI is InChI=1S/C49H38N8O4/c1-54-24-18-31(19-25-54)46-37-10-8-35(50-37)45(30-4-6-34(7-5-30)49(60)61-57-43(58)16-17-44(57)59)36-9-11-38(51-36)47(32-20-26-55(2)27-21-32)40-13-15-42(53-40)48(41-14-12-39(46)52-41)33-22-28-56(3)29-23-33/h4-15,18-29H,16-17H2,1-3H3,(H,50,51,52,53)/q+2/p+1. The number of imide groups is 1. The molecule has 296 valence electrons. The number of nitrogens with one attached hydrogen (secondary N) is 2. The fraction of sp³-hybridized carbons (Fsp3) is 0.102. The van der Waals surface area contributed by atoms with Gasteiger partial charge in [0, 0.05) is 93.6 Å². The molecule has 0 saturated carbocycles. The highest BCUT2D eigenvalue weighted by Gasteiger charge is 2.33. The van der Waals surface area contributed by atoms with Crippen molar-refractivity contribution >= 4 is 64.2 Å². The molecule has 9 heterocycles. The van der Waals surface area contributed by atoms with E-state index in [4.69, 9.17) is 14.8 Å². The number of nitrogens with zero attached hydrogens (tertiary/aromatic N) is 6. The summed E-state index contributed by atoms with van der Waals surface area (Å²) in [6.45, 7) is 0. The highest BCUT2D eigenvalue weighted by Crippen LogP contribution is 2.38. The van der Waals surface area contributed by atoms with Crippen LogP contribution in [0.5, 0.6) is 0 Å². The Hall–Kier alpha value is -8.12. The molecule has 8 bridgehead atoms. The molecule has 7 aromatic rings. The van der Waals surface area contributed by atoms with Crippen LogP contribution in [0, 0.1) is 0 Å². The summed E-state index contributed by atoms with van der Waals surface area (Å²) in [7, 11) is 5.98. The second-order valence-corrected chi connectivity index (χ2v) is 15.3. The summed E-state index contributed by atoms with van der Waals surface area (Å²) >= 11 is 0. The van der Waals surface area contributed by atoms with Gasteiger partial charge in [0.25, 0.3) is 11.8 Å². The van der Waals surface area contributed by atoms with Crippen molar-refractivity contribution in [3.8, 4) is 44.5 Å². The Morgan fingerprint density at radius 2 is 0.836 bits per heavy atom. The summed E-state index contributed by atoms with van der Waals surface area (Å²) in [5.74, 6) is -1.86. The normalized spacial score (nSPS) is 13.3. The summed E-state index contributed by atoms with van der Waals surface area (Å²) in [5, 5.41) is 0.561. The van der Waals surface area contributed by atoms with Gasteiger partial charge in [0.05, 0.1) is 28.3 Å². The molecule has 12 heteroatoms. The number of aromatic nitrogens is 7. The number of aryl methyl sites for hydroxylation is 3. The largest absolute Gasteiger partial charge is 0.363 e. The second kappa shape index (κ2) is 14.9. The molecule has 0 atom stereocenters. The molecular formula is C49H39N8O4+3. The van der Waals surface area contributed by atoms with Gasteiger partial charge in [0.1, 0.15) is 21.1 Å². The van der Waals surface area contributed by atoms with Gasteiger partial charge in [-0.25, -0.2) is 28.5 Å². The highest BCUT2D eigenvalue weighted by atomic mass is 16.7. The number of rotatable bonds is 6. The van der Waals surface area contributed by atoms with Crippen LogP contribution in [-0.2, 0) is 35.6 Å². The summed E-state index contributed by atoms with van der Waals surface area (Å²) < 4.78 is 6.01. The van der Waals surface area contributed by atoms with Gasteiger partial charge in [-0.2, -0.15) is 0 Å². The maximum Gasteiger partial charge on any atom is 0.363 e. The van der Waals surface area contributed by atoms with Gasteiger partial charge in [-0.15, -0.1) is 5.06 Å². The van der Waals surface area contributed by atoms with Crippen LogP contribution in [-0.4, -0.2) is 42.8 Å². The number of amides is 2. The highest BCUT2D eigenvalue weighted by molar-refractivity contribution is 6.04. The summed E-state index contributed by atoms with van der Waals surface area (Å²) in [6.07, 6.45) is 20.4. The molecule has 1 fully saturated rings. The molecule has 1 aromatic carbocycles. The maximum atomic E-state index is 13.1. The molecule has 3 aliphatic heterocycles. The Morgan fingerprint density at radius 3 is 1.25 bits per heavy atom. The minimum atomic E-state index is -0.793. The Labute approximate surface area is 350 Å². The average molecular weight is 804 g/mol. The van der Waals surface area contributed by atoms with Crippen LogP contribution >= 0.6 is 0 Å². The van der Waals surface area contributed by atoms with Crippen molar-refractivity contribution in [3.05, 3.63) is 150 Å². The van der Waals surface area contributed by atoms with Gasteiger partial charge in [0.2, 0.25) is 0 Å². The minimum absolute atomic E-state index is 0.0159. The zero-order valence-electron chi connectivity index (χ0n) is 33.6. The third-order valence-corrected chi connectivity index (χ3v) is 11.1. The molecule has 0 aliphatic carbocycles. The van der Waals surface area contributed by atoms with Crippen molar-refractivity contribution in [2.75, 3.05) is 0 Å². The van der Waals surface area contributed by atoms with Crippen LogP contribution in [0.2, 0.25) is 0 Å². The van der Waals surface area contributed by atoms with Gasteiger partial charge in [-0.1, -0.05) is 12.1 Å². The van der Waals surface area contributed by atoms with Crippen molar-refractivity contribution in [3.63, 3.8) is 0 Å². The first-order chi connectivity index (χ1) is 29.7. The first-order valence-corrected chi connectivity index (χ1v) is 19.9. The zero-order chi connectivity index (χ0) is 41.8. The lowest BCUT2D eigenvalue weighted by Gasteiger charge is -2.12. The Kier molecular flexibility index (Phi) is 9.09. The SMILES string of the molecule is C[n+]1ccc(-c2c3nc(c(-c4cc[n+](C)cc4)c4ccc([nH]4)c(-c4ccc(C(=O)ON5C(=O)CCC5=O)cc4)c4ccc([nH]4)c(-c4cc[n+](C)cc4)c4nc2C=C4)C=C3)cc1. The lowest BCUT2D eigenvalue weighted by molar-refractivity contribution is -0.671. The summed E-state index contributed by atoms with van der Waals surface area (Å²) in [4.78, 5) is 60.9. The van der Waals surface area contributed by atoms with Gasteiger partial charge >= 0.3 is 5.97 Å². The first kappa shape index (κ1) is 37.2. The van der Waals surface area contributed by atoms with E-state index in [1.54, 1.807) is 12.1 Å². The zero-order valence-corrected chi connectivity index (χ0v) is 33.6. The van der Waals surface area contributed by atoms with Crippen molar-refractivity contribution in [1.29, 1.82) is 0 Å². The number of aromatic amines is 2. The Bertz CT molecular complexity index is 3020. The summed E-state index contributed by atoms with van der Waals surface area (Å²) in [5.41, 5.74) is 14.1. The quantitative estimate of drug-likeness (QED) is 0.137. The van der Waals surface area contributed by atoms with Crippen molar-refractivity contribution in [1.82, 2.24) is 25.0 Å². The topological polar surface area (TPSA) is 133 Å². The molecule has 10 rings (SSSR count). The molecule has 3 aliphatic rings. The molecule has 12 nitrogen and oxygen atoms in total. The maximum absolute atomic E-state index is 13.1. The van der Waals surface area contributed by atoms with Gasteiger partial charge in [-0.3, -0.25) is 9.59 Å². The van der Waals surface area contributed by atoms with Crippen LogP contribution in [0.4, 0.5) is 0 Å². The molecule has 0 spiro atoms. The first-order valence-electron chi connectivity index (χ1n) is 19.9. The number of carbonyl (C=O) groups excluding carboxylic acids is 3. The number of benzene rings is 1. The Morgan fingerprint density at radius 1 is 0.492 bits per heavy atom. The molecule has 1 saturated heterocycles. The number of hydrogen-bond acceptors (Lipinski definition) is 6. The van der Waals surface area contributed by atoms with E-state index in [9.17, 15) is 14.4 Å². The molecule has 0 radical (unpaired) electrons. The predicted octanol–water partition coefficient (Wildman–Crippen LogP) is 7.02. The second-order valence-electron chi connectivity index (χ2n) is 15.3. The van der Waals surface area contributed by atoms with Crippen molar-refractivity contribution in [2.24, 2.45) is 21.1 Å². The van der Waals surface area contributed by atoms with Crippen molar-refractivity contribution in [2.45, 2.75) is 12.8 Å². The predicted molar refractivity (Wildman–Crippen MR) is 231 cm³/mol. The lowest BCUT2D eigenvalue weighted by atomic mass is 10.0. The average Bonchev–Trinajstić information content (AvgIpc) is 4.14. The van der Waals surface area contributed by atoms with E-state index >= 15 is 0 Å². The number of H-pyrrole nitrogens is 2. The smallest absolute Gasteiger partial charge is 0.354 e. The monoisotopic (exact) mass is 803 g/mol. The lowest BCUT2D eigenvalue weighted by Crippen LogP contribution is -2.32. The molecule has 6 aromatic heterocycles. The molecule has 2 N–H and O–H groups in total. The number of fused-ring (bicyclic) bond motifs is 8. The van der Waals surface area contributed by atoms with Crippen LogP contribution in [0.3, 0.4) is 0 Å². The fourth-order valence-electron chi connectivity index (χ4n) is 7.99. The molecular weight excluding hydrogens is 765 g/mol. The minimum Gasteiger partial charge on any atom is -0.354 e. The number of hydroxylamine groups is 2. The summed E-state index contributed by atoms with van der Waals surface area (Å²) in [6, 6.07) is 27.7. The van der Waals surface area contributed by atoms with Crippen LogP contribution in [0.25, 0.3) is 90.9 Å². The van der Waals surface area contributed by atoms with E-state index < -0.39 is 17.8 Å². The molecule has 2 amide bonds.